The molecule has 1 aromatic carbocycles. The summed E-state index contributed by atoms with van der Waals surface area (Å²) in [4.78, 5) is 0. The Kier molecular flexibility index (Phi) is 4.46. The second-order valence-electron chi connectivity index (χ2n) is 4.88. The molecule has 2 rings (SSSR count). The molecule has 1 aliphatic carbocycles. The Morgan fingerprint density at radius 1 is 1.35 bits per heavy atom. The fraction of sp³-hybridized carbons (Fsp3) is 0.571. The second-order valence-corrected chi connectivity index (χ2v) is 6.32. The van der Waals surface area contributed by atoms with Crippen LogP contribution in [0.5, 0.6) is 0 Å². The van der Waals surface area contributed by atoms with Crippen molar-refractivity contribution >= 4 is 11.8 Å². The van der Waals surface area contributed by atoms with Gasteiger partial charge in [0, 0.05) is 16.5 Å². The zero-order chi connectivity index (χ0) is 12.3. The molecular formula is C14H20FNS. The Hall–Kier alpha value is -0.540. The summed E-state index contributed by atoms with van der Waals surface area (Å²) in [5.74, 6) is -0.167. The van der Waals surface area contributed by atoms with Crippen molar-refractivity contribution < 1.29 is 4.39 Å². The minimum atomic E-state index is -0.167. The molecule has 2 unspecified atom stereocenters. The fourth-order valence-electron chi connectivity index (χ4n) is 2.42. The molecule has 0 aromatic heterocycles. The minimum absolute atomic E-state index is 0.0578. The molecule has 0 aliphatic heterocycles. The Bertz CT molecular complexity index is 361. The van der Waals surface area contributed by atoms with Crippen LogP contribution in [0.25, 0.3) is 0 Å². The molecule has 1 aromatic rings. The number of nitrogens with two attached hydrogens (primary N) is 1. The van der Waals surface area contributed by atoms with Gasteiger partial charge < -0.3 is 5.73 Å². The highest BCUT2D eigenvalue weighted by atomic mass is 32.2. The summed E-state index contributed by atoms with van der Waals surface area (Å²) in [5.41, 5.74) is 7.08. The Balaban J connectivity index is 2.10. The topological polar surface area (TPSA) is 26.0 Å². The van der Waals surface area contributed by atoms with E-state index >= 15 is 0 Å². The van der Waals surface area contributed by atoms with Gasteiger partial charge in [-0.05, 0) is 37.5 Å². The van der Waals surface area contributed by atoms with Gasteiger partial charge in [0.1, 0.15) is 5.82 Å². The van der Waals surface area contributed by atoms with E-state index in [4.69, 9.17) is 5.73 Å². The van der Waals surface area contributed by atoms with Gasteiger partial charge in [-0.1, -0.05) is 25.0 Å². The second kappa shape index (κ2) is 5.87. The van der Waals surface area contributed by atoms with Crippen LogP contribution in [0.3, 0.4) is 0 Å². The van der Waals surface area contributed by atoms with Crippen molar-refractivity contribution in [3.05, 3.63) is 35.6 Å². The van der Waals surface area contributed by atoms with Crippen LogP contribution in [-0.2, 0) is 0 Å². The summed E-state index contributed by atoms with van der Waals surface area (Å²) in [7, 11) is 0. The molecule has 1 nitrogen and oxygen atoms in total. The normalized spacial score (nSPS) is 20.4. The molecule has 2 atom stereocenters. The largest absolute Gasteiger partial charge is 0.327 e. The molecule has 2 N–H and O–H groups in total. The van der Waals surface area contributed by atoms with Crippen molar-refractivity contribution in [3.8, 4) is 0 Å². The SMILES string of the molecule is CC(N)C(SC1CCCC1)c1cccc(F)c1. The maximum Gasteiger partial charge on any atom is 0.123 e. The highest BCUT2D eigenvalue weighted by Gasteiger charge is 2.24. The molecular weight excluding hydrogens is 233 g/mol. The van der Waals surface area contributed by atoms with E-state index in [-0.39, 0.29) is 17.1 Å². The summed E-state index contributed by atoms with van der Waals surface area (Å²) >= 11 is 1.93. The van der Waals surface area contributed by atoms with Crippen molar-refractivity contribution in [2.45, 2.75) is 49.1 Å². The monoisotopic (exact) mass is 253 g/mol. The van der Waals surface area contributed by atoms with Crippen molar-refractivity contribution in [2.24, 2.45) is 5.73 Å². The van der Waals surface area contributed by atoms with Crippen LogP contribution in [0.2, 0.25) is 0 Å². The van der Waals surface area contributed by atoms with Crippen LogP contribution in [0.4, 0.5) is 4.39 Å². The van der Waals surface area contributed by atoms with Gasteiger partial charge in [0.15, 0.2) is 0 Å². The van der Waals surface area contributed by atoms with Crippen LogP contribution in [0.15, 0.2) is 24.3 Å². The first-order chi connectivity index (χ1) is 8.16. The molecule has 94 valence electrons. The van der Waals surface area contributed by atoms with Gasteiger partial charge in [0.25, 0.3) is 0 Å². The zero-order valence-corrected chi connectivity index (χ0v) is 11.0. The van der Waals surface area contributed by atoms with Crippen molar-refractivity contribution in [2.75, 3.05) is 0 Å². The molecule has 1 aliphatic rings. The van der Waals surface area contributed by atoms with Crippen LogP contribution in [0, 0.1) is 5.82 Å². The third-order valence-corrected chi connectivity index (χ3v) is 5.15. The Morgan fingerprint density at radius 3 is 2.65 bits per heavy atom. The predicted molar refractivity (Wildman–Crippen MR) is 72.6 cm³/mol. The van der Waals surface area contributed by atoms with E-state index in [0.29, 0.717) is 5.25 Å². The first kappa shape index (κ1) is 12.9. The van der Waals surface area contributed by atoms with Crippen LogP contribution in [0.1, 0.15) is 43.4 Å². The lowest BCUT2D eigenvalue weighted by Gasteiger charge is -2.24. The predicted octanol–water partition coefficient (Wildman–Crippen LogP) is 3.89. The highest BCUT2D eigenvalue weighted by Crippen LogP contribution is 2.40. The summed E-state index contributed by atoms with van der Waals surface area (Å²) in [6, 6.07) is 6.93. The fourth-order valence-corrected chi connectivity index (χ4v) is 3.99. The number of halogens is 1. The number of hydrogen-bond donors (Lipinski definition) is 1. The minimum Gasteiger partial charge on any atom is -0.327 e. The van der Waals surface area contributed by atoms with Gasteiger partial charge in [-0.15, -0.1) is 11.8 Å². The number of rotatable bonds is 4. The molecule has 0 saturated heterocycles. The molecule has 1 fully saturated rings. The molecule has 0 bridgehead atoms. The molecule has 17 heavy (non-hydrogen) atoms. The molecule has 0 radical (unpaired) electrons. The average Bonchev–Trinajstić information content (AvgIpc) is 2.78. The number of benzene rings is 1. The Morgan fingerprint density at radius 2 is 2.06 bits per heavy atom. The molecule has 0 spiro atoms. The van der Waals surface area contributed by atoms with E-state index in [0.717, 1.165) is 5.56 Å². The number of hydrogen-bond acceptors (Lipinski definition) is 2. The smallest absolute Gasteiger partial charge is 0.123 e. The number of thioether (sulfide) groups is 1. The summed E-state index contributed by atoms with van der Waals surface area (Å²) < 4.78 is 13.3. The maximum absolute atomic E-state index is 13.3. The lowest BCUT2D eigenvalue weighted by Crippen LogP contribution is -2.24. The molecule has 3 heteroatoms. The lowest BCUT2D eigenvalue weighted by molar-refractivity contribution is 0.621. The maximum atomic E-state index is 13.3. The third kappa shape index (κ3) is 3.46. The highest BCUT2D eigenvalue weighted by molar-refractivity contribution is 8.00. The van der Waals surface area contributed by atoms with Crippen LogP contribution in [-0.4, -0.2) is 11.3 Å². The first-order valence-electron chi connectivity index (χ1n) is 6.33. The summed E-state index contributed by atoms with van der Waals surface area (Å²) in [6.45, 7) is 2.01. The zero-order valence-electron chi connectivity index (χ0n) is 10.2. The van der Waals surface area contributed by atoms with Crippen LogP contribution < -0.4 is 5.73 Å². The van der Waals surface area contributed by atoms with E-state index in [9.17, 15) is 4.39 Å². The third-order valence-electron chi connectivity index (χ3n) is 3.30. The van der Waals surface area contributed by atoms with Gasteiger partial charge in [-0.3, -0.25) is 0 Å². The van der Waals surface area contributed by atoms with Crippen LogP contribution >= 0.6 is 11.8 Å². The van der Waals surface area contributed by atoms with Gasteiger partial charge >= 0.3 is 0 Å². The van der Waals surface area contributed by atoms with E-state index in [1.165, 1.54) is 31.7 Å². The van der Waals surface area contributed by atoms with Gasteiger partial charge in [0.05, 0.1) is 0 Å². The van der Waals surface area contributed by atoms with Gasteiger partial charge in [0.2, 0.25) is 0 Å². The quantitative estimate of drug-likeness (QED) is 0.881. The Labute approximate surface area is 107 Å². The van der Waals surface area contributed by atoms with Crippen molar-refractivity contribution in [3.63, 3.8) is 0 Å². The lowest BCUT2D eigenvalue weighted by atomic mass is 10.1. The molecule has 1 saturated carbocycles. The summed E-state index contributed by atoms with van der Waals surface area (Å²) in [5, 5.41) is 0.920. The van der Waals surface area contributed by atoms with Gasteiger partial charge in [-0.2, -0.15) is 0 Å². The van der Waals surface area contributed by atoms with E-state index in [1.807, 2.05) is 24.8 Å². The van der Waals surface area contributed by atoms with Crippen molar-refractivity contribution in [1.29, 1.82) is 0 Å². The molecule has 0 heterocycles. The standard InChI is InChI=1S/C14H20FNS/c1-10(16)14(17-13-7-2-3-8-13)11-5-4-6-12(15)9-11/h4-6,9-10,13-14H,2-3,7-8,16H2,1H3. The van der Waals surface area contributed by atoms with E-state index in [1.54, 1.807) is 12.1 Å². The first-order valence-corrected chi connectivity index (χ1v) is 7.27. The molecule has 0 amide bonds. The van der Waals surface area contributed by atoms with E-state index < -0.39 is 0 Å². The van der Waals surface area contributed by atoms with Crippen molar-refractivity contribution in [1.82, 2.24) is 0 Å². The summed E-state index contributed by atoms with van der Waals surface area (Å²) in [6.07, 6.45) is 5.21. The average molecular weight is 253 g/mol. The van der Waals surface area contributed by atoms with E-state index in [2.05, 4.69) is 0 Å². The van der Waals surface area contributed by atoms with Gasteiger partial charge in [-0.25, -0.2) is 4.39 Å².